The van der Waals surface area contributed by atoms with Crippen LogP contribution in [0.25, 0.3) is 0 Å². The van der Waals surface area contributed by atoms with Gasteiger partial charge in [-0.2, -0.15) is 22.7 Å². The summed E-state index contributed by atoms with van der Waals surface area (Å²) in [6.07, 6.45) is 0.457. The summed E-state index contributed by atoms with van der Waals surface area (Å²) in [5.41, 5.74) is 4.37. The smallest absolute Gasteiger partial charge is 0.242 e. The molecule has 9 rings (SSSR count). The van der Waals surface area contributed by atoms with Crippen molar-refractivity contribution in [3.05, 3.63) is 134 Å². The Morgan fingerprint density at radius 3 is 1.62 bits per heavy atom. The van der Waals surface area contributed by atoms with Crippen LogP contribution in [0.15, 0.2) is 111 Å². The van der Waals surface area contributed by atoms with Gasteiger partial charge in [0, 0.05) is 55.3 Å². The lowest BCUT2D eigenvalue weighted by atomic mass is 9.77. The van der Waals surface area contributed by atoms with Crippen LogP contribution in [-0.2, 0) is 39.7 Å². The van der Waals surface area contributed by atoms with Crippen LogP contribution < -0.4 is 20.4 Å². The van der Waals surface area contributed by atoms with E-state index >= 15 is 0 Å². The van der Waals surface area contributed by atoms with Crippen molar-refractivity contribution in [2.24, 2.45) is 0 Å². The maximum Gasteiger partial charge on any atom is 0.242 e. The molecule has 10 nitrogen and oxygen atoms in total. The minimum atomic E-state index is -0.880. The Labute approximate surface area is 354 Å². The highest BCUT2D eigenvalue weighted by Crippen LogP contribution is 2.42. The number of nitrogens with zero attached hydrogens (tertiary/aromatic N) is 2. The highest BCUT2D eigenvalue weighted by Gasteiger charge is 2.48. The number of thiophene rings is 2. The van der Waals surface area contributed by atoms with Gasteiger partial charge in [-0.3, -0.25) is 19.2 Å². The summed E-state index contributed by atoms with van der Waals surface area (Å²) in [5.74, 6) is -0.626. The Bertz CT molecular complexity index is 2190. The first-order valence-corrected chi connectivity index (χ1v) is 22.4. The molecule has 2 aromatic heterocycles. The van der Waals surface area contributed by atoms with Gasteiger partial charge in [-0.05, 0) is 92.3 Å². The summed E-state index contributed by atoms with van der Waals surface area (Å²) in [4.78, 5) is 56.3. The van der Waals surface area contributed by atoms with E-state index in [-0.39, 0.29) is 36.2 Å². The van der Waals surface area contributed by atoms with Crippen LogP contribution in [-0.4, -0.2) is 81.2 Å². The van der Waals surface area contributed by atoms with Crippen molar-refractivity contribution >= 4 is 80.8 Å². The number of amides is 2. The largest absolute Gasteiger partial charge is 0.378 e. The van der Waals surface area contributed by atoms with Gasteiger partial charge in [0.1, 0.15) is 11.0 Å². The van der Waals surface area contributed by atoms with Gasteiger partial charge in [0.15, 0.2) is 5.78 Å². The van der Waals surface area contributed by atoms with E-state index in [2.05, 4.69) is 44.7 Å². The Morgan fingerprint density at radius 1 is 0.638 bits per heavy atom. The molecule has 2 N–H and O–H groups in total. The summed E-state index contributed by atoms with van der Waals surface area (Å²) in [7, 11) is 0. The highest BCUT2D eigenvalue weighted by atomic mass is 35.5. The number of rotatable bonds is 8. The van der Waals surface area contributed by atoms with Crippen molar-refractivity contribution in [3.8, 4) is 0 Å². The topological polar surface area (TPSA) is 117 Å². The lowest BCUT2D eigenvalue weighted by molar-refractivity contribution is -0.135. The van der Waals surface area contributed by atoms with Crippen LogP contribution in [0, 0.1) is 0 Å². The lowest BCUT2D eigenvalue weighted by Crippen LogP contribution is -2.57. The first kappa shape index (κ1) is 40.3. The molecule has 0 aliphatic carbocycles. The van der Waals surface area contributed by atoms with Gasteiger partial charge in [0.2, 0.25) is 11.8 Å². The van der Waals surface area contributed by atoms with Crippen LogP contribution >= 0.6 is 46.0 Å². The number of Topliss-reactive ketones (excluding diaryl/α,β-unsaturated/α-hetero) is 2. The molecule has 4 aliphatic heterocycles. The third-order valence-electron chi connectivity index (χ3n) is 11.1. The molecule has 58 heavy (non-hydrogen) atoms. The van der Waals surface area contributed by atoms with Gasteiger partial charge in [-0.15, -0.1) is 11.8 Å². The van der Waals surface area contributed by atoms with Gasteiger partial charge in [-0.25, -0.2) is 0 Å². The quantitative estimate of drug-likeness (QED) is 0.159. The first-order chi connectivity index (χ1) is 28.2. The van der Waals surface area contributed by atoms with Crippen molar-refractivity contribution in [3.63, 3.8) is 0 Å². The third kappa shape index (κ3) is 8.47. The van der Waals surface area contributed by atoms with Crippen LogP contribution in [0.1, 0.15) is 41.5 Å². The molecule has 2 amide bonds. The number of piperidine rings is 2. The van der Waals surface area contributed by atoms with Crippen molar-refractivity contribution in [1.82, 2.24) is 10.6 Å². The molecule has 0 saturated carbocycles. The average molecular weight is 856 g/mol. The minimum absolute atomic E-state index is 0.0211. The van der Waals surface area contributed by atoms with Gasteiger partial charge in [0.05, 0.1) is 48.9 Å². The number of ether oxygens (including phenoxy) is 2. The molecule has 0 bridgehead atoms. The molecule has 300 valence electrons. The number of anilines is 2. The lowest BCUT2D eigenvalue weighted by Gasteiger charge is -2.40. The Hall–Kier alpha value is -4.50. The molecule has 4 saturated heterocycles. The fourth-order valence-corrected chi connectivity index (χ4v) is 10.8. The maximum atomic E-state index is 13.4. The van der Waals surface area contributed by atoms with E-state index < -0.39 is 16.3 Å². The number of morpholine rings is 2. The van der Waals surface area contributed by atoms with Crippen molar-refractivity contribution in [1.29, 1.82) is 0 Å². The normalized spacial score (nSPS) is 23.8. The number of hydrogen-bond donors (Lipinski definition) is 2. The van der Waals surface area contributed by atoms with Gasteiger partial charge in [0.25, 0.3) is 0 Å². The van der Waals surface area contributed by atoms with Gasteiger partial charge < -0.3 is 29.9 Å². The molecule has 3 unspecified atom stereocenters. The van der Waals surface area contributed by atoms with Crippen molar-refractivity contribution in [2.45, 2.75) is 40.5 Å². The second-order valence-electron chi connectivity index (χ2n) is 14.6. The molecule has 3 atom stereocenters. The van der Waals surface area contributed by atoms with E-state index in [4.69, 9.17) is 21.1 Å². The van der Waals surface area contributed by atoms with Crippen LogP contribution in [0.5, 0.6) is 0 Å². The molecule has 6 heterocycles. The zero-order chi connectivity index (χ0) is 40.1. The molecule has 5 aromatic rings. The van der Waals surface area contributed by atoms with Gasteiger partial charge >= 0.3 is 0 Å². The fourth-order valence-electron chi connectivity index (χ4n) is 8.07. The number of carbonyl (C=O) groups is 4. The number of benzene rings is 3. The monoisotopic (exact) mass is 854 g/mol. The van der Waals surface area contributed by atoms with Crippen LogP contribution in [0.4, 0.5) is 11.4 Å². The third-order valence-corrected chi connectivity index (χ3v) is 14.2. The minimum Gasteiger partial charge on any atom is -0.378 e. The Kier molecular flexibility index (Phi) is 12.3. The molecule has 14 heteroatoms. The summed E-state index contributed by atoms with van der Waals surface area (Å²) in [6, 6.07) is 27.6. The number of nitrogens with one attached hydrogen (secondary N) is 2. The SMILES string of the molecule is O=C1CC(=O)NC(c2ccc(N3CCOCC3)cc2)(c2ccsc2)C1.O=C1CC(c2ccc(N3CCOCC3)cc2)(c2ccsc2)NC(=O)C1Sc1ccccc1Cl. The highest BCUT2D eigenvalue weighted by molar-refractivity contribution is 8.01. The maximum absolute atomic E-state index is 13.4. The van der Waals surface area contributed by atoms with E-state index in [1.165, 1.54) is 11.8 Å². The summed E-state index contributed by atoms with van der Waals surface area (Å²) >= 11 is 10.6. The molecular weight excluding hydrogens is 812 g/mol. The number of thioether (sulfide) groups is 1. The predicted octanol–water partition coefficient (Wildman–Crippen LogP) is 7.04. The van der Waals surface area contributed by atoms with E-state index in [0.29, 0.717) is 11.4 Å². The summed E-state index contributed by atoms with van der Waals surface area (Å²) < 4.78 is 10.9. The van der Waals surface area contributed by atoms with Gasteiger partial charge in [-0.1, -0.05) is 48.0 Å². The molecular formula is C44H43ClN4O6S3. The van der Waals surface area contributed by atoms with E-state index in [1.807, 2.05) is 76.1 Å². The zero-order valence-electron chi connectivity index (χ0n) is 31.7. The summed E-state index contributed by atoms with van der Waals surface area (Å²) in [5, 5.41) is 14.0. The fraction of sp³-hybridized carbons (Fsp3) is 0.318. The molecule has 0 radical (unpaired) electrons. The number of hydrogen-bond acceptors (Lipinski definition) is 11. The summed E-state index contributed by atoms with van der Waals surface area (Å²) in [6.45, 7) is 6.38. The van der Waals surface area contributed by atoms with E-state index in [9.17, 15) is 19.2 Å². The second kappa shape index (κ2) is 17.8. The standard InChI is InChI=1S/C25H23ClN2O3S2.C19H20N2O3S/c26-20-3-1-2-4-22(20)33-23-21(29)15-25(27-24(23)30,18-9-14-32-16-18)17-5-7-19(8-6-17)28-10-12-31-13-11-28;22-17-11-18(23)20-19(12-17,15-5-10-25-13-15)14-1-3-16(4-2-14)21-6-8-24-9-7-21/h1-9,14,16,23H,10-13,15H2,(H,27,30);1-5,10,13H,6-9,11-12H2,(H,20,23). The molecule has 0 spiro atoms. The average Bonchev–Trinajstić information content (AvgIpc) is 4.01. The predicted molar refractivity (Wildman–Crippen MR) is 230 cm³/mol. The number of ketones is 2. The second-order valence-corrected chi connectivity index (χ2v) is 17.7. The molecule has 3 aromatic carbocycles. The Morgan fingerprint density at radius 2 is 1.16 bits per heavy atom. The van der Waals surface area contributed by atoms with Crippen molar-refractivity contribution < 1.29 is 28.7 Å². The number of carbonyl (C=O) groups excluding carboxylic acids is 4. The molecule has 4 aliphatic rings. The van der Waals surface area contributed by atoms with Crippen LogP contribution in [0.2, 0.25) is 5.02 Å². The van der Waals surface area contributed by atoms with Crippen molar-refractivity contribution in [2.75, 3.05) is 62.4 Å². The Balaban J connectivity index is 0.000000168. The van der Waals surface area contributed by atoms with E-state index in [0.717, 1.165) is 91.1 Å². The molecule has 4 fully saturated rings. The first-order valence-electron chi connectivity index (χ1n) is 19.2. The van der Waals surface area contributed by atoms with E-state index in [1.54, 1.807) is 28.7 Å². The number of halogens is 1. The zero-order valence-corrected chi connectivity index (χ0v) is 34.9. The van der Waals surface area contributed by atoms with Crippen LogP contribution in [0.3, 0.4) is 0 Å².